The molecule has 21 heavy (non-hydrogen) atoms. The molecule has 0 radical (unpaired) electrons. The molecule has 1 aromatic carbocycles. The first kappa shape index (κ1) is 17.3. The Kier molecular flexibility index (Phi) is 7.61. The molecular weight excluding hydrogens is 288 g/mol. The number of benzene rings is 1. The van der Waals surface area contributed by atoms with Gasteiger partial charge in [-0.1, -0.05) is 18.7 Å². The Morgan fingerprint density at radius 2 is 1.76 bits per heavy atom. The van der Waals surface area contributed by atoms with Gasteiger partial charge in [0.2, 0.25) is 0 Å². The molecule has 0 bridgehead atoms. The first-order chi connectivity index (χ1) is 10.0. The zero-order chi connectivity index (χ0) is 15.7. The summed E-state index contributed by atoms with van der Waals surface area (Å²) in [5, 5.41) is 0. The van der Waals surface area contributed by atoms with E-state index in [2.05, 4.69) is 6.58 Å². The third kappa shape index (κ3) is 6.99. The monoisotopic (exact) mass is 308 g/mol. The standard InChI is InChI=1S/C16H20O4S/c1-12(2)16(18)20-11-10-19-15(17)9-6-13-4-7-14(21-3)8-5-13/h4-5,7-8H,1,6,9-11H2,2-3H3. The number of thioether (sulfide) groups is 1. The normalized spacial score (nSPS) is 10.0. The van der Waals surface area contributed by atoms with E-state index in [1.54, 1.807) is 18.7 Å². The van der Waals surface area contributed by atoms with Crippen molar-refractivity contribution >= 4 is 23.7 Å². The van der Waals surface area contributed by atoms with Crippen molar-refractivity contribution in [3.05, 3.63) is 42.0 Å². The van der Waals surface area contributed by atoms with Crippen LogP contribution in [0.5, 0.6) is 0 Å². The molecule has 0 spiro atoms. The summed E-state index contributed by atoms with van der Waals surface area (Å²) in [5.74, 6) is -0.768. The van der Waals surface area contributed by atoms with Crippen LogP contribution in [-0.2, 0) is 25.5 Å². The van der Waals surface area contributed by atoms with Crippen LogP contribution in [0.3, 0.4) is 0 Å². The fourth-order valence-corrected chi connectivity index (χ4v) is 1.93. The molecule has 1 rings (SSSR count). The van der Waals surface area contributed by atoms with Gasteiger partial charge in [0.25, 0.3) is 0 Å². The SMILES string of the molecule is C=C(C)C(=O)OCCOC(=O)CCc1ccc(SC)cc1. The van der Waals surface area contributed by atoms with Gasteiger partial charge >= 0.3 is 11.9 Å². The predicted molar refractivity (Wildman–Crippen MR) is 83.3 cm³/mol. The fraction of sp³-hybridized carbons (Fsp3) is 0.375. The molecule has 0 unspecified atom stereocenters. The van der Waals surface area contributed by atoms with Crippen molar-refractivity contribution in [2.24, 2.45) is 0 Å². The molecule has 114 valence electrons. The van der Waals surface area contributed by atoms with Crippen molar-refractivity contribution in [1.29, 1.82) is 0 Å². The Morgan fingerprint density at radius 3 is 2.33 bits per heavy atom. The molecule has 0 aliphatic rings. The van der Waals surface area contributed by atoms with E-state index in [0.717, 1.165) is 5.56 Å². The fourth-order valence-electron chi connectivity index (χ4n) is 1.52. The number of ether oxygens (including phenoxy) is 2. The van der Waals surface area contributed by atoms with E-state index < -0.39 is 5.97 Å². The van der Waals surface area contributed by atoms with Crippen LogP contribution in [0.1, 0.15) is 18.9 Å². The number of rotatable bonds is 8. The van der Waals surface area contributed by atoms with Gasteiger partial charge in [0.1, 0.15) is 13.2 Å². The molecule has 0 aromatic heterocycles. The van der Waals surface area contributed by atoms with Gasteiger partial charge in [0, 0.05) is 16.9 Å². The van der Waals surface area contributed by atoms with Gasteiger partial charge in [-0.2, -0.15) is 0 Å². The lowest BCUT2D eigenvalue weighted by atomic mass is 10.1. The summed E-state index contributed by atoms with van der Waals surface area (Å²) < 4.78 is 9.81. The second-order valence-corrected chi connectivity index (χ2v) is 5.36. The lowest BCUT2D eigenvalue weighted by Gasteiger charge is -2.06. The van der Waals surface area contributed by atoms with E-state index in [-0.39, 0.29) is 19.2 Å². The number of aryl methyl sites for hydroxylation is 1. The number of hydrogen-bond donors (Lipinski definition) is 0. The van der Waals surface area contributed by atoms with E-state index in [9.17, 15) is 9.59 Å². The first-order valence-corrected chi connectivity index (χ1v) is 7.86. The molecule has 1 aromatic rings. The number of carbonyl (C=O) groups is 2. The average molecular weight is 308 g/mol. The summed E-state index contributed by atoms with van der Waals surface area (Å²) in [6.45, 7) is 5.15. The van der Waals surface area contributed by atoms with Gasteiger partial charge in [-0.25, -0.2) is 4.79 Å². The Labute approximate surface area is 129 Å². The molecule has 0 fully saturated rings. The molecule has 0 saturated heterocycles. The summed E-state index contributed by atoms with van der Waals surface area (Å²) in [7, 11) is 0. The molecule has 0 saturated carbocycles. The van der Waals surface area contributed by atoms with E-state index in [1.165, 1.54) is 4.90 Å². The zero-order valence-electron chi connectivity index (χ0n) is 12.4. The Morgan fingerprint density at radius 1 is 1.14 bits per heavy atom. The summed E-state index contributed by atoms with van der Waals surface area (Å²) in [6, 6.07) is 8.08. The maximum Gasteiger partial charge on any atom is 0.333 e. The van der Waals surface area contributed by atoms with Crippen molar-refractivity contribution < 1.29 is 19.1 Å². The van der Waals surface area contributed by atoms with Crippen LogP contribution >= 0.6 is 11.8 Å². The molecule has 0 aliphatic carbocycles. The lowest BCUT2D eigenvalue weighted by molar-refractivity contribution is -0.150. The summed E-state index contributed by atoms with van der Waals surface area (Å²) in [6.07, 6.45) is 2.97. The third-order valence-electron chi connectivity index (χ3n) is 2.70. The van der Waals surface area contributed by atoms with Gasteiger partial charge in [-0.3, -0.25) is 4.79 Å². The minimum absolute atomic E-state index is 0.0554. The van der Waals surface area contributed by atoms with Gasteiger partial charge in [0.15, 0.2) is 0 Å². The maximum atomic E-state index is 11.5. The zero-order valence-corrected chi connectivity index (χ0v) is 13.2. The van der Waals surface area contributed by atoms with Crippen molar-refractivity contribution in [3.8, 4) is 0 Å². The molecule has 0 aliphatic heterocycles. The van der Waals surface area contributed by atoms with Crippen LogP contribution in [0.2, 0.25) is 0 Å². The van der Waals surface area contributed by atoms with Crippen molar-refractivity contribution in [2.45, 2.75) is 24.7 Å². The topological polar surface area (TPSA) is 52.6 Å². The van der Waals surface area contributed by atoms with Gasteiger partial charge in [0.05, 0.1) is 0 Å². The van der Waals surface area contributed by atoms with Crippen LogP contribution in [0.4, 0.5) is 0 Å². The predicted octanol–water partition coefficient (Wildman–Crippen LogP) is 3.00. The highest BCUT2D eigenvalue weighted by Crippen LogP contribution is 2.15. The minimum atomic E-state index is -0.472. The van der Waals surface area contributed by atoms with Crippen molar-refractivity contribution in [1.82, 2.24) is 0 Å². The van der Waals surface area contributed by atoms with E-state index in [0.29, 0.717) is 18.4 Å². The molecule has 0 heterocycles. The third-order valence-corrected chi connectivity index (χ3v) is 3.45. The molecule has 0 amide bonds. The quantitative estimate of drug-likeness (QED) is 0.320. The van der Waals surface area contributed by atoms with Crippen LogP contribution < -0.4 is 0 Å². The van der Waals surface area contributed by atoms with Gasteiger partial charge in [-0.15, -0.1) is 11.8 Å². The van der Waals surface area contributed by atoms with E-state index >= 15 is 0 Å². The molecule has 0 atom stereocenters. The maximum absolute atomic E-state index is 11.5. The van der Waals surface area contributed by atoms with Crippen molar-refractivity contribution in [2.75, 3.05) is 19.5 Å². The molecule has 0 N–H and O–H groups in total. The lowest BCUT2D eigenvalue weighted by Crippen LogP contribution is -2.14. The largest absolute Gasteiger partial charge is 0.462 e. The van der Waals surface area contributed by atoms with Crippen molar-refractivity contribution in [3.63, 3.8) is 0 Å². The Bertz CT molecular complexity index is 494. The highest BCUT2D eigenvalue weighted by Gasteiger charge is 2.06. The Hall–Kier alpha value is -1.75. The van der Waals surface area contributed by atoms with Crippen LogP contribution in [0.15, 0.2) is 41.3 Å². The second kappa shape index (κ2) is 9.23. The number of esters is 2. The smallest absolute Gasteiger partial charge is 0.333 e. The van der Waals surface area contributed by atoms with Crippen LogP contribution in [0.25, 0.3) is 0 Å². The van der Waals surface area contributed by atoms with Gasteiger partial charge < -0.3 is 9.47 Å². The van der Waals surface area contributed by atoms with E-state index in [4.69, 9.17) is 9.47 Å². The summed E-state index contributed by atoms with van der Waals surface area (Å²) >= 11 is 1.68. The van der Waals surface area contributed by atoms with E-state index in [1.807, 2.05) is 30.5 Å². The highest BCUT2D eigenvalue weighted by atomic mass is 32.2. The molecule has 5 heteroatoms. The molecular formula is C16H20O4S. The van der Waals surface area contributed by atoms with Gasteiger partial charge in [-0.05, 0) is 37.3 Å². The first-order valence-electron chi connectivity index (χ1n) is 6.64. The molecule has 4 nitrogen and oxygen atoms in total. The summed E-state index contributed by atoms with van der Waals surface area (Å²) in [5.41, 5.74) is 1.42. The second-order valence-electron chi connectivity index (χ2n) is 4.48. The number of hydrogen-bond acceptors (Lipinski definition) is 5. The van der Waals surface area contributed by atoms with Crippen LogP contribution in [-0.4, -0.2) is 31.4 Å². The summed E-state index contributed by atoms with van der Waals surface area (Å²) in [4.78, 5) is 23.8. The minimum Gasteiger partial charge on any atom is -0.462 e. The Balaban J connectivity index is 2.18. The average Bonchev–Trinajstić information content (AvgIpc) is 2.49. The highest BCUT2D eigenvalue weighted by molar-refractivity contribution is 7.98. The number of carbonyl (C=O) groups excluding carboxylic acids is 2. The van der Waals surface area contributed by atoms with Crippen LogP contribution in [0, 0.1) is 0 Å².